The Morgan fingerprint density at radius 3 is 2.12 bits per heavy atom. The van der Waals surface area contributed by atoms with Crippen LogP contribution in [0.15, 0.2) is 61.1 Å². The standard InChI is InChI=1S/C12H16N2.C7H6N2.C2H6/c1-9-11(12(2,3)4)10-7-5-6-8-14(10)13-9;1-2-6-9-7(3-1)4-5-8-9;1-2/h5-8H,1-4H3;1-6H;1-2H3. The molecule has 0 unspecified atom stereocenters. The first kappa shape index (κ1) is 18.7. The molecule has 0 fully saturated rings. The number of hydrogen-bond acceptors (Lipinski definition) is 2. The molecule has 0 bridgehead atoms. The first-order chi connectivity index (χ1) is 12.0. The van der Waals surface area contributed by atoms with Gasteiger partial charge in [-0.15, -0.1) is 0 Å². The molecule has 4 heterocycles. The summed E-state index contributed by atoms with van der Waals surface area (Å²) in [6.45, 7) is 12.8. The third-order valence-corrected chi connectivity index (χ3v) is 3.77. The van der Waals surface area contributed by atoms with Gasteiger partial charge in [0.1, 0.15) is 0 Å². The maximum absolute atomic E-state index is 4.50. The van der Waals surface area contributed by atoms with Crippen LogP contribution in [-0.2, 0) is 5.41 Å². The number of hydrogen-bond donors (Lipinski definition) is 0. The van der Waals surface area contributed by atoms with Crippen LogP contribution in [0.2, 0.25) is 0 Å². The first-order valence-corrected chi connectivity index (χ1v) is 8.79. The average molecular weight is 336 g/mol. The molecule has 4 heteroatoms. The third kappa shape index (κ3) is 4.27. The maximum Gasteiger partial charge on any atom is 0.0701 e. The lowest BCUT2D eigenvalue weighted by molar-refractivity contribution is 0.591. The molecule has 4 rings (SSSR count). The van der Waals surface area contributed by atoms with Crippen molar-refractivity contribution < 1.29 is 0 Å². The monoisotopic (exact) mass is 336 g/mol. The number of pyridine rings is 2. The van der Waals surface area contributed by atoms with Crippen LogP contribution < -0.4 is 0 Å². The van der Waals surface area contributed by atoms with Crippen molar-refractivity contribution in [3.05, 3.63) is 72.3 Å². The summed E-state index contributed by atoms with van der Waals surface area (Å²) in [5.74, 6) is 0. The minimum Gasteiger partial charge on any atom is -0.241 e. The zero-order valence-corrected chi connectivity index (χ0v) is 16.1. The van der Waals surface area contributed by atoms with Crippen molar-refractivity contribution in [2.45, 2.75) is 47.0 Å². The van der Waals surface area contributed by atoms with Gasteiger partial charge in [0.05, 0.1) is 16.7 Å². The largest absolute Gasteiger partial charge is 0.241 e. The molecule has 0 amide bonds. The SMILES string of the molecule is CC.Cc1nn2ccccc2c1C(C)(C)C.c1ccn2nccc2c1. The molecule has 0 N–H and O–H groups in total. The van der Waals surface area contributed by atoms with Gasteiger partial charge in [-0.05, 0) is 42.7 Å². The van der Waals surface area contributed by atoms with E-state index in [0.29, 0.717) is 0 Å². The molecule has 25 heavy (non-hydrogen) atoms. The van der Waals surface area contributed by atoms with E-state index in [0.717, 1.165) is 11.2 Å². The topological polar surface area (TPSA) is 34.6 Å². The number of aryl methyl sites for hydroxylation is 1. The highest BCUT2D eigenvalue weighted by atomic mass is 15.2. The van der Waals surface area contributed by atoms with Gasteiger partial charge in [-0.25, -0.2) is 9.03 Å². The van der Waals surface area contributed by atoms with Gasteiger partial charge in [-0.1, -0.05) is 46.8 Å². The zero-order chi connectivity index (χ0) is 18.4. The van der Waals surface area contributed by atoms with Crippen LogP contribution in [0.25, 0.3) is 11.0 Å². The number of nitrogens with zero attached hydrogens (tertiary/aromatic N) is 4. The minimum absolute atomic E-state index is 0.160. The zero-order valence-electron chi connectivity index (χ0n) is 16.1. The van der Waals surface area contributed by atoms with Crippen molar-refractivity contribution in [1.29, 1.82) is 0 Å². The highest BCUT2D eigenvalue weighted by Crippen LogP contribution is 2.29. The maximum atomic E-state index is 4.50. The highest BCUT2D eigenvalue weighted by Gasteiger charge is 2.21. The predicted octanol–water partition coefficient (Wildman–Crippen LogP) is 5.30. The number of fused-ring (bicyclic) bond motifs is 2. The van der Waals surface area contributed by atoms with Crippen LogP contribution in [0.3, 0.4) is 0 Å². The van der Waals surface area contributed by atoms with Gasteiger partial charge in [0.25, 0.3) is 0 Å². The molecule has 0 aliphatic heterocycles. The number of rotatable bonds is 0. The van der Waals surface area contributed by atoms with Crippen molar-refractivity contribution in [2.75, 3.05) is 0 Å². The van der Waals surface area contributed by atoms with Crippen molar-refractivity contribution in [3.8, 4) is 0 Å². The van der Waals surface area contributed by atoms with E-state index < -0.39 is 0 Å². The molecular weight excluding hydrogens is 308 g/mol. The fourth-order valence-corrected chi connectivity index (χ4v) is 2.91. The van der Waals surface area contributed by atoms with E-state index >= 15 is 0 Å². The molecule has 4 nitrogen and oxygen atoms in total. The smallest absolute Gasteiger partial charge is 0.0701 e. The van der Waals surface area contributed by atoms with E-state index in [-0.39, 0.29) is 5.41 Å². The van der Waals surface area contributed by atoms with Gasteiger partial charge >= 0.3 is 0 Å². The van der Waals surface area contributed by atoms with E-state index in [2.05, 4.69) is 50.0 Å². The lowest BCUT2D eigenvalue weighted by Crippen LogP contribution is -2.12. The molecule has 0 aliphatic rings. The predicted molar refractivity (Wildman–Crippen MR) is 105 cm³/mol. The van der Waals surface area contributed by atoms with Crippen LogP contribution >= 0.6 is 0 Å². The summed E-state index contributed by atoms with van der Waals surface area (Å²) >= 11 is 0. The van der Waals surface area contributed by atoms with E-state index in [4.69, 9.17) is 0 Å². The van der Waals surface area contributed by atoms with E-state index in [1.807, 2.05) is 65.6 Å². The molecule has 0 aromatic carbocycles. The average Bonchev–Trinajstić information content (AvgIpc) is 3.19. The number of aromatic nitrogens is 4. The Hall–Kier alpha value is -2.62. The van der Waals surface area contributed by atoms with Crippen LogP contribution in [0.4, 0.5) is 0 Å². The fraction of sp³-hybridized carbons (Fsp3) is 0.333. The fourth-order valence-electron chi connectivity index (χ4n) is 2.91. The molecule has 0 spiro atoms. The van der Waals surface area contributed by atoms with Crippen molar-refractivity contribution in [1.82, 2.24) is 19.2 Å². The van der Waals surface area contributed by atoms with Crippen LogP contribution in [0.5, 0.6) is 0 Å². The summed E-state index contributed by atoms with van der Waals surface area (Å²) in [6, 6.07) is 14.1. The molecular formula is C21H28N4. The summed E-state index contributed by atoms with van der Waals surface area (Å²) in [7, 11) is 0. The lowest BCUT2D eigenvalue weighted by Gasteiger charge is -2.18. The van der Waals surface area contributed by atoms with E-state index in [1.54, 1.807) is 6.20 Å². The van der Waals surface area contributed by atoms with Crippen molar-refractivity contribution in [3.63, 3.8) is 0 Å². The Morgan fingerprint density at radius 1 is 0.840 bits per heavy atom. The second-order valence-corrected chi connectivity index (χ2v) is 6.64. The molecule has 0 atom stereocenters. The second kappa shape index (κ2) is 7.97. The Kier molecular flexibility index (Phi) is 5.97. The minimum atomic E-state index is 0.160. The van der Waals surface area contributed by atoms with Crippen LogP contribution in [0, 0.1) is 6.92 Å². The van der Waals surface area contributed by atoms with Crippen molar-refractivity contribution >= 4 is 11.0 Å². The van der Waals surface area contributed by atoms with Gasteiger partial charge in [-0.2, -0.15) is 10.2 Å². The lowest BCUT2D eigenvalue weighted by atomic mass is 9.86. The Bertz CT molecular complexity index is 896. The Morgan fingerprint density at radius 2 is 1.48 bits per heavy atom. The molecule has 0 radical (unpaired) electrons. The quantitative estimate of drug-likeness (QED) is 0.437. The third-order valence-electron chi connectivity index (χ3n) is 3.77. The molecule has 4 aromatic rings. The Balaban J connectivity index is 0.000000176. The summed E-state index contributed by atoms with van der Waals surface area (Å²) in [5.41, 5.74) is 4.99. The van der Waals surface area contributed by atoms with Gasteiger partial charge in [0.2, 0.25) is 0 Å². The second-order valence-electron chi connectivity index (χ2n) is 6.64. The summed E-state index contributed by atoms with van der Waals surface area (Å²) in [6.07, 6.45) is 5.71. The van der Waals surface area contributed by atoms with E-state index in [9.17, 15) is 0 Å². The van der Waals surface area contributed by atoms with Crippen LogP contribution in [0.1, 0.15) is 45.9 Å². The van der Waals surface area contributed by atoms with Crippen LogP contribution in [-0.4, -0.2) is 19.2 Å². The van der Waals surface area contributed by atoms with Crippen molar-refractivity contribution in [2.24, 2.45) is 0 Å². The highest BCUT2D eigenvalue weighted by molar-refractivity contribution is 5.59. The first-order valence-electron chi connectivity index (χ1n) is 8.79. The molecule has 132 valence electrons. The molecule has 4 aromatic heterocycles. The Labute approximate surface area is 150 Å². The summed E-state index contributed by atoms with van der Waals surface area (Å²) in [4.78, 5) is 0. The van der Waals surface area contributed by atoms with Gasteiger partial charge in [0, 0.05) is 24.2 Å². The van der Waals surface area contributed by atoms with E-state index in [1.165, 1.54) is 11.1 Å². The summed E-state index contributed by atoms with van der Waals surface area (Å²) < 4.78 is 3.79. The summed E-state index contributed by atoms with van der Waals surface area (Å²) in [5, 5.41) is 8.53. The molecule has 0 aliphatic carbocycles. The van der Waals surface area contributed by atoms with Gasteiger partial charge < -0.3 is 0 Å². The van der Waals surface area contributed by atoms with Gasteiger partial charge in [0.15, 0.2) is 0 Å². The normalized spacial score (nSPS) is 10.8. The molecule has 0 saturated heterocycles. The van der Waals surface area contributed by atoms with Gasteiger partial charge in [-0.3, -0.25) is 0 Å². The molecule has 0 saturated carbocycles.